The smallest absolute Gasteiger partial charge is 0.264 e. The molecule has 0 aliphatic rings. The van der Waals surface area contributed by atoms with Crippen LogP contribution in [0.25, 0.3) is 0 Å². The van der Waals surface area contributed by atoms with Crippen molar-refractivity contribution in [3.05, 3.63) is 0 Å². The largest absolute Gasteiger partial charge is 0.333 e. The van der Waals surface area contributed by atoms with Crippen LogP contribution >= 0.6 is 7.52 Å². The predicted octanol–water partition coefficient (Wildman–Crippen LogP) is 0.150. The summed E-state index contributed by atoms with van der Waals surface area (Å²) in [6, 6.07) is 0. The maximum atomic E-state index is 9.92. The number of hydrogen-bond donors (Lipinski definition) is 2. The Labute approximate surface area is 36.7 Å². The van der Waals surface area contributed by atoms with Gasteiger partial charge in [-0.3, -0.25) is 10.1 Å². The fraction of sp³-hybridized carbons (Fsp3) is 1.00. The van der Waals surface area contributed by atoms with Gasteiger partial charge < -0.3 is 4.89 Å². The molecule has 0 aromatic rings. The van der Waals surface area contributed by atoms with E-state index in [-0.39, 0.29) is 6.16 Å². The quantitative estimate of drug-likeness (QED) is 0.471. The molecule has 0 saturated heterocycles. The minimum atomic E-state index is -3.15. The standard InChI is InChI=1S/C2H8NO2P/c1-2-6(3,4)5/h2H2,1H3,(H3,3,4,5). The Hall–Kier alpha value is 0.150. The fourth-order valence-corrected chi connectivity index (χ4v) is 0. The van der Waals surface area contributed by atoms with Crippen molar-refractivity contribution in [2.75, 3.05) is 6.16 Å². The zero-order valence-electron chi connectivity index (χ0n) is 3.59. The van der Waals surface area contributed by atoms with Gasteiger partial charge in [0.25, 0.3) is 7.52 Å². The molecule has 0 aromatic heterocycles. The van der Waals surface area contributed by atoms with Gasteiger partial charge in [0, 0.05) is 6.16 Å². The summed E-state index contributed by atoms with van der Waals surface area (Å²) in [7, 11) is -3.15. The monoisotopic (exact) mass is 109 g/mol. The van der Waals surface area contributed by atoms with E-state index in [1.807, 2.05) is 0 Å². The average Bonchev–Trinajstić information content (AvgIpc) is 1.35. The third kappa shape index (κ3) is 4.15. The summed E-state index contributed by atoms with van der Waals surface area (Å²) in [6.07, 6.45) is 0.160. The van der Waals surface area contributed by atoms with Gasteiger partial charge in [0.15, 0.2) is 0 Å². The van der Waals surface area contributed by atoms with E-state index in [0.717, 1.165) is 0 Å². The summed E-state index contributed by atoms with van der Waals surface area (Å²) in [5, 5.41) is 0. The number of nitrogens with two attached hydrogens (primary N) is 1. The Morgan fingerprint density at radius 3 is 2.17 bits per heavy atom. The molecule has 0 bridgehead atoms. The molecule has 0 amide bonds. The van der Waals surface area contributed by atoms with Crippen LogP contribution in [0.1, 0.15) is 6.92 Å². The predicted molar refractivity (Wildman–Crippen MR) is 24.6 cm³/mol. The van der Waals surface area contributed by atoms with E-state index < -0.39 is 7.52 Å². The van der Waals surface area contributed by atoms with Crippen LogP contribution in [0.15, 0.2) is 0 Å². The molecule has 0 aliphatic carbocycles. The van der Waals surface area contributed by atoms with E-state index in [2.05, 4.69) is 5.50 Å². The topological polar surface area (TPSA) is 63.3 Å². The SMILES string of the molecule is CCP(N)(=O)O. The second-order valence-electron chi connectivity index (χ2n) is 1.07. The lowest BCUT2D eigenvalue weighted by atomic mass is 11.0. The first-order chi connectivity index (χ1) is 2.56. The highest BCUT2D eigenvalue weighted by atomic mass is 31.2. The van der Waals surface area contributed by atoms with E-state index in [1.165, 1.54) is 0 Å². The third-order valence-electron chi connectivity index (χ3n) is 0.453. The minimum Gasteiger partial charge on any atom is -0.333 e. The number of hydrogen-bond acceptors (Lipinski definition) is 1. The van der Waals surface area contributed by atoms with Crippen LogP contribution in [-0.4, -0.2) is 11.1 Å². The van der Waals surface area contributed by atoms with Crippen LogP contribution in [0.2, 0.25) is 0 Å². The lowest BCUT2D eigenvalue weighted by Crippen LogP contribution is -1.93. The van der Waals surface area contributed by atoms with Gasteiger partial charge in [-0.2, -0.15) is 0 Å². The maximum Gasteiger partial charge on any atom is 0.264 e. The zero-order chi connectivity index (χ0) is 5.21. The molecule has 0 aromatic carbocycles. The van der Waals surface area contributed by atoms with E-state index >= 15 is 0 Å². The second-order valence-corrected chi connectivity index (χ2v) is 3.22. The summed E-state index contributed by atoms with van der Waals surface area (Å²) in [6.45, 7) is 1.57. The molecular formula is C2H8NO2P. The zero-order valence-corrected chi connectivity index (χ0v) is 4.48. The molecule has 38 valence electrons. The molecule has 3 N–H and O–H groups in total. The lowest BCUT2D eigenvalue weighted by molar-refractivity contribution is 0.481. The Morgan fingerprint density at radius 2 is 2.17 bits per heavy atom. The highest BCUT2D eigenvalue weighted by Gasteiger charge is 2.02. The van der Waals surface area contributed by atoms with Crippen LogP contribution in [0, 0.1) is 0 Å². The van der Waals surface area contributed by atoms with E-state index in [9.17, 15) is 4.57 Å². The molecule has 0 radical (unpaired) electrons. The van der Waals surface area contributed by atoms with Crippen LogP contribution in [-0.2, 0) is 4.57 Å². The first kappa shape index (κ1) is 6.15. The molecule has 3 nitrogen and oxygen atoms in total. The normalized spacial score (nSPS) is 19.8. The van der Waals surface area contributed by atoms with E-state index in [0.29, 0.717) is 0 Å². The van der Waals surface area contributed by atoms with Gasteiger partial charge in [-0.05, 0) is 0 Å². The molecular weight excluding hydrogens is 101 g/mol. The molecule has 4 heteroatoms. The van der Waals surface area contributed by atoms with Gasteiger partial charge in [0.2, 0.25) is 0 Å². The second kappa shape index (κ2) is 1.73. The van der Waals surface area contributed by atoms with Crippen LogP contribution < -0.4 is 5.50 Å². The molecule has 0 saturated carbocycles. The van der Waals surface area contributed by atoms with Gasteiger partial charge in [-0.25, -0.2) is 0 Å². The van der Waals surface area contributed by atoms with Crippen molar-refractivity contribution in [3.63, 3.8) is 0 Å². The van der Waals surface area contributed by atoms with E-state index in [1.54, 1.807) is 6.92 Å². The molecule has 1 atom stereocenters. The fourth-order valence-electron chi connectivity index (χ4n) is 0. The summed E-state index contributed by atoms with van der Waals surface area (Å²) < 4.78 is 9.92. The first-order valence-electron chi connectivity index (χ1n) is 1.66. The Morgan fingerprint density at radius 1 is 2.00 bits per heavy atom. The van der Waals surface area contributed by atoms with Crippen molar-refractivity contribution in [2.45, 2.75) is 6.92 Å². The summed E-state index contributed by atoms with van der Waals surface area (Å²) in [4.78, 5) is 8.16. The van der Waals surface area contributed by atoms with E-state index in [4.69, 9.17) is 4.89 Å². The lowest BCUT2D eigenvalue weighted by Gasteiger charge is -1.94. The molecule has 1 unspecified atom stereocenters. The van der Waals surface area contributed by atoms with Gasteiger partial charge in [0.1, 0.15) is 0 Å². The van der Waals surface area contributed by atoms with Gasteiger partial charge in [-0.15, -0.1) is 0 Å². The molecule has 0 heterocycles. The summed E-state index contributed by atoms with van der Waals surface area (Å²) in [5.41, 5.74) is 4.65. The van der Waals surface area contributed by atoms with Crippen molar-refractivity contribution < 1.29 is 9.46 Å². The highest BCUT2D eigenvalue weighted by molar-refractivity contribution is 7.55. The van der Waals surface area contributed by atoms with Crippen LogP contribution in [0.5, 0.6) is 0 Å². The Balaban J connectivity index is 3.48. The van der Waals surface area contributed by atoms with Crippen LogP contribution in [0.3, 0.4) is 0 Å². The molecule has 0 fully saturated rings. The minimum absolute atomic E-state index is 0.160. The maximum absolute atomic E-state index is 9.92. The third-order valence-corrected chi connectivity index (χ3v) is 1.36. The van der Waals surface area contributed by atoms with Gasteiger partial charge in [-0.1, -0.05) is 6.92 Å². The Bertz CT molecular complexity index is 75.6. The van der Waals surface area contributed by atoms with Crippen LogP contribution in [0.4, 0.5) is 0 Å². The highest BCUT2D eigenvalue weighted by Crippen LogP contribution is 2.27. The Kier molecular flexibility index (Phi) is 1.78. The van der Waals surface area contributed by atoms with Gasteiger partial charge >= 0.3 is 0 Å². The molecule has 0 rings (SSSR count). The molecule has 0 spiro atoms. The molecule has 6 heavy (non-hydrogen) atoms. The van der Waals surface area contributed by atoms with Gasteiger partial charge in [0.05, 0.1) is 0 Å². The summed E-state index contributed by atoms with van der Waals surface area (Å²) in [5.74, 6) is 0. The van der Waals surface area contributed by atoms with Crippen molar-refractivity contribution in [3.8, 4) is 0 Å². The number of rotatable bonds is 1. The average molecular weight is 109 g/mol. The van der Waals surface area contributed by atoms with Crippen molar-refractivity contribution in [1.82, 2.24) is 0 Å². The van der Waals surface area contributed by atoms with Crippen molar-refractivity contribution in [1.29, 1.82) is 0 Å². The molecule has 0 aliphatic heterocycles. The van der Waals surface area contributed by atoms with Crippen molar-refractivity contribution in [2.24, 2.45) is 5.50 Å². The van der Waals surface area contributed by atoms with Crippen molar-refractivity contribution >= 4 is 7.52 Å². The first-order valence-corrected chi connectivity index (χ1v) is 3.58. The summed E-state index contributed by atoms with van der Waals surface area (Å²) >= 11 is 0.